The summed E-state index contributed by atoms with van der Waals surface area (Å²) in [5, 5.41) is 3.78. The van der Waals surface area contributed by atoms with Crippen molar-refractivity contribution >= 4 is 0 Å². The van der Waals surface area contributed by atoms with Gasteiger partial charge in [-0.15, -0.1) is 0 Å². The number of nitrogens with zero attached hydrogens (tertiary/aromatic N) is 1. The highest BCUT2D eigenvalue weighted by Crippen LogP contribution is 2.47. The molecule has 0 spiro atoms. The van der Waals surface area contributed by atoms with E-state index in [0.29, 0.717) is 11.5 Å². The summed E-state index contributed by atoms with van der Waals surface area (Å²) in [4.78, 5) is 2.65. The van der Waals surface area contributed by atoms with E-state index in [4.69, 9.17) is 0 Å². The van der Waals surface area contributed by atoms with Crippen LogP contribution >= 0.6 is 0 Å². The average molecular weight is 224 g/mol. The van der Waals surface area contributed by atoms with Gasteiger partial charge in [0, 0.05) is 18.6 Å². The molecule has 2 fully saturated rings. The quantitative estimate of drug-likeness (QED) is 0.772. The van der Waals surface area contributed by atoms with E-state index >= 15 is 0 Å². The Morgan fingerprint density at radius 3 is 2.75 bits per heavy atom. The maximum Gasteiger partial charge on any atom is 0.0220 e. The van der Waals surface area contributed by atoms with Crippen molar-refractivity contribution in [2.45, 2.75) is 65.0 Å². The molecule has 2 heteroatoms. The van der Waals surface area contributed by atoms with Crippen molar-refractivity contribution in [1.82, 2.24) is 10.2 Å². The summed E-state index contributed by atoms with van der Waals surface area (Å²) >= 11 is 0. The standard InChI is InChI=1S/C14H28N2/c1-4-16-10-6-5-7-13(16)11-15-12(2)14(3)8-9-14/h12-13,15H,4-11H2,1-3H3. The van der Waals surface area contributed by atoms with Crippen LogP contribution in [0, 0.1) is 5.41 Å². The fourth-order valence-corrected chi connectivity index (χ4v) is 2.90. The van der Waals surface area contributed by atoms with Gasteiger partial charge in [0.05, 0.1) is 0 Å². The molecule has 2 atom stereocenters. The smallest absolute Gasteiger partial charge is 0.0220 e. The minimum atomic E-state index is 0.617. The van der Waals surface area contributed by atoms with Crippen molar-refractivity contribution in [3.05, 3.63) is 0 Å². The summed E-state index contributed by atoms with van der Waals surface area (Å²) in [5.41, 5.74) is 0.617. The SMILES string of the molecule is CCN1CCCCC1CNC(C)C1(C)CC1. The highest BCUT2D eigenvalue weighted by molar-refractivity contribution is 4.97. The second-order valence-electron chi connectivity index (χ2n) is 6.06. The van der Waals surface area contributed by atoms with Gasteiger partial charge >= 0.3 is 0 Å². The summed E-state index contributed by atoms with van der Waals surface area (Å²) in [5.74, 6) is 0. The second-order valence-corrected chi connectivity index (χ2v) is 6.06. The molecule has 0 aromatic rings. The third kappa shape index (κ3) is 2.78. The van der Waals surface area contributed by atoms with Gasteiger partial charge in [-0.05, 0) is 51.1 Å². The lowest BCUT2D eigenvalue weighted by molar-refractivity contribution is 0.147. The number of nitrogens with one attached hydrogen (secondary N) is 1. The Morgan fingerprint density at radius 1 is 1.38 bits per heavy atom. The largest absolute Gasteiger partial charge is 0.312 e. The minimum Gasteiger partial charge on any atom is -0.312 e. The predicted octanol–water partition coefficient (Wildman–Crippen LogP) is 2.64. The van der Waals surface area contributed by atoms with E-state index in [2.05, 4.69) is 31.0 Å². The molecule has 0 aromatic heterocycles. The summed E-state index contributed by atoms with van der Waals surface area (Å²) in [6, 6.07) is 1.50. The Morgan fingerprint density at radius 2 is 2.12 bits per heavy atom. The van der Waals surface area contributed by atoms with Gasteiger partial charge in [-0.25, -0.2) is 0 Å². The lowest BCUT2D eigenvalue weighted by Gasteiger charge is -2.36. The molecular weight excluding hydrogens is 196 g/mol. The van der Waals surface area contributed by atoms with E-state index in [1.54, 1.807) is 0 Å². The van der Waals surface area contributed by atoms with Crippen molar-refractivity contribution < 1.29 is 0 Å². The molecule has 1 saturated heterocycles. The Labute approximate surface area is 101 Å². The lowest BCUT2D eigenvalue weighted by atomic mass is 9.98. The first-order chi connectivity index (χ1) is 7.65. The molecule has 1 heterocycles. The zero-order valence-corrected chi connectivity index (χ0v) is 11.3. The normalized spacial score (nSPS) is 31.3. The van der Waals surface area contributed by atoms with Crippen molar-refractivity contribution in [1.29, 1.82) is 0 Å². The molecule has 0 amide bonds. The Kier molecular flexibility index (Phi) is 3.91. The fraction of sp³-hybridized carbons (Fsp3) is 1.00. The molecule has 0 radical (unpaired) electrons. The maximum absolute atomic E-state index is 3.78. The Hall–Kier alpha value is -0.0800. The molecule has 0 aromatic carbocycles. The third-order valence-electron chi connectivity index (χ3n) is 4.90. The van der Waals surface area contributed by atoms with Crippen LogP contribution < -0.4 is 5.32 Å². The van der Waals surface area contributed by atoms with E-state index in [-0.39, 0.29) is 0 Å². The Bertz CT molecular complexity index is 223. The van der Waals surface area contributed by atoms with Gasteiger partial charge in [-0.1, -0.05) is 20.3 Å². The van der Waals surface area contributed by atoms with Crippen molar-refractivity contribution in [3.63, 3.8) is 0 Å². The van der Waals surface area contributed by atoms with Crippen molar-refractivity contribution in [3.8, 4) is 0 Å². The molecule has 2 unspecified atom stereocenters. The maximum atomic E-state index is 3.78. The lowest BCUT2D eigenvalue weighted by Crippen LogP contribution is -2.48. The van der Waals surface area contributed by atoms with Gasteiger partial charge in [0.25, 0.3) is 0 Å². The molecular formula is C14H28N2. The molecule has 94 valence electrons. The fourth-order valence-electron chi connectivity index (χ4n) is 2.90. The van der Waals surface area contributed by atoms with Crippen LogP contribution in [0.3, 0.4) is 0 Å². The molecule has 1 aliphatic carbocycles. The number of rotatable bonds is 5. The highest BCUT2D eigenvalue weighted by Gasteiger charge is 2.42. The van der Waals surface area contributed by atoms with E-state index in [1.165, 1.54) is 51.7 Å². The van der Waals surface area contributed by atoms with E-state index in [1.807, 2.05) is 0 Å². The van der Waals surface area contributed by atoms with E-state index < -0.39 is 0 Å². The first-order valence-corrected chi connectivity index (χ1v) is 7.13. The predicted molar refractivity (Wildman–Crippen MR) is 69.7 cm³/mol. The molecule has 1 saturated carbocycles. The van der Waals surface area contributed by atoms with Crippen LogP contribution in [-0.2, 0) is 0 Å². The van der Waals surface area contributed by atoms with Crippen LogP contribution in [0.25, 0.3) is 0 Å². The Balaban J connectivity index is 1.75. The molecule has 2 nitrogen and oxygen atoms in total. The molecule has 1 N–H and O–H groups in total. The summed E-state index contributed by atoms with van der Waals surface area (Å²) in [6.07, 6.45) is 7.06. The summed E-state index contributed by atoms with van der Waals surface area (Å²) < 4.78 is 0. The number of piperidine rings is 1. The van der Waals surface area contributed by atoms with Crippen LogP contribution in [0.2, 0.25) is 0 Å². The number of hydrogen-bond acceptors (Lipinski definition) is 2. The van der Waals surface area contributed by atoms with Crippen LogP contribution in [0.5, 0.6) is 0 Å². The molecule has 2 rings (SSSR count). The van der Waals surface area contributed by atoms with Gasteiger partial charge in [0.15, 0.2) is 0 Å². The van der Waals surface area contributed by atoms with Gasteiger partial charge in [0.1, 0.15) is 0 Å². The van der Waals surface area contributed by atoms with E-state index in [9.17, 15) is 0 Å². The molecule has 0 bridgehead atoms. The van der Waals surface area contributed by atoms with Crippen LogP contribution in [0.1, 0.15) is 52.9 Å². The number of hydrogen-bond donors (Lipinski definition) is 1. The number of likely N-dealkylation sites (N-methyl/N-ethyl adjacent to an activating group) is 1. The van der Waals surface area contributed by atoms with Crippen molar-refractivity contribution in [2.24, 2.45) is 5.41 Å². The summed E-state index contributed by atoms with van der Waals surface area (Å²) in [7, 11) is 0. The monoisotopic (exact) mass is 224 g/mol. The van der Waals surface area contributed by atoms with Crippen LogP contribution in [0.4, 0.5) is 0 Å². The van der Waals surface area contributed by atoms with Gasteiger partial charge in [-0.2, -0.15) is 0 Å². The molecule has 16 heavy (non-hydrogen) atoms. The zero-order valence-electron chi connectivity index (χ0n) is 11.3. The number of likely N-dealkylation sites (tertiary alicyclic amines) is 1. The minimum absolute atomic E-state index is 0.617. The first-order valence-electron chi connectivity index (χ1n) is 7.13. The second kappa shape index (κ2) is 5.05. The first kappa shape index (κ1) is 12.4. The average Bonchev–Trinajstić information content (AvgIpc) is 3.06. The van der Waals surface area contributed by atoms with E-state index in [0.717, 1.165) is 6.04 Å². The van der Waals surface area contributed by atoms with Crippen LogP contribution in [0.15, 0.2) is 0 Å². The molecule has 2 aliphatic rings. The summed E-state index contributed by atoms with van der Waals surface area (Å²) in [6.45, 7) is 10.8. The van der Waals surface area contributed by atoms with Crippen LogP contribution in [-0.4, -0.2) is 36.6 Å². The topological polar surface area (TPSA) is 15.3 Å². The van der Waals surface area contributed by atoms with Gasteiger partial charge in [-0.3, -0.25) is 4.90 Å². The zero-order chi connectivity index (χ0) is 11.6. The van der Waals surface area contributed by atoms with Crippen molar-refractivity contribution in [2.75, 3.05) is 19.6 Å². The van der Waals surface area contributed by atoms with Gasteiger partial charge in [0.2, 0.25) is 0 Å². The molecule has 1 aliphatic heterocycles. The highest BCUT2D eigenvalue weighted by atomic mass is 15.2. The third-order valence-corrected chi connectivity index (χ3v) is 4.90. The van der Waals surface area contributed by atoms with Gasteiger partial charge < -0.3 is 5.32 Å².